The van der Waals surface area contributed by atoms with Crippen LogP contribution in [0.4, 0.5) is 0 Å². The average Bonchev–Trinajstić information content (AvgIpc) is 3.12. The molecule has 0 radical (unpaired) electrons. The number of halogens is 3. The smallest absolute Gasteiger partial charge is 0.336 e. The minimum Gasteiger partial charge on any atom is -0.493 e. The maximum Gasteiger partial charge on any atom is 0.336 e. The van der Waals surface area contributed by atoms with Gasteiger partial charge in [0.15, 0.2) is 0 Å². The van der Waals surface area contributed by atoms with Gasteiger partial charge in [0.05, 0.1) is 30.6 Å². The van der Waals surface area contributed by atoms with Crippen molar-refractivity contribution in [3.05, 3.63) is 78.7 Å². The molecule has 1 aliphatic heterocycles. The zero-order chi connectivity index (χ0) is 19.1. The van der Waals surface area contributed by atoms with Gasteiger partial charge in [-0.1, -0.05) is 51.3 Å². The molecule has 0 fully saturated rings. The third kappa shape index (κ3) is 3.67. The van der Waals surface area contributed by atoms with E-state index in [2.05, 4.69) is 15.9 Å². The summed E-state index contributed by atoms with van der Waals surface area (Å²) in [6.07, 6.45) is 0.284. The number of benzene rings is 2. The summed E-state index contributed by atoms with van der Waals surface area (Å²) in [5.41, 5.74) is 1.68. The molecule has 8 heteroatoms. The topological polar surface area (TPSA) is 56.4 Å². The highest BCUT2D eigenvalue weighted by Crippen LogP contribution is 2.30. The Balaban J connectivity index is 1.55. The van der Waals surface area contributed by atoms with E-state index in [1.165, 1.54) is 9.13 Å². The first-order valence-electron chi connectivity index (χ1n) is 8.28. The molecule has 2 heterocycles. The van der Waals surface area contributed by atoms with Crippen LogP contribution in [0.3, 0.4) is 0 Å². The maximum absolute atomic E-state index is 12.8. The van der Waals surface area contributed by atoms with Crippen LogP contribution in [0.15, 0.2) is 51.7 Å². The van der Waals surface area contributed by atoms with Crippen LogP contribution in [-0.4, -0.2) is 20.3 Å². The van der Waals surface area contributed by atoms with Crippen LogP contribution in [-0.2, 0) is 24.3 Å². The molecular weight excluding hydrogens is 455 g/mol. The van der Waals surface area contributed by atoms with E-state index in [9.17, 15) is 9.90 Å². The highest BCUT2D eigenvalue weighted by atomic mass is 79.9. The van der Waals surface area contributed by atoms with Crippen LogP contribution in [0.25, 0.3) is 5.69 Å². The Kier molecular flexibility index (Phi) is 5.07. The van der Waals surface area contributed by atoms with Crippen LogP contribution in [0.2, 0.25) is 10.0 Å². The third-order valence-corrected chi connectivity index (χ3v) is 5.44. The van der Waals surface area contributed by atoms with Gasteiger partial charge in [-0.3, -0.25) is 4.57 Å². The lowest BCUT2D eigenvalue weighted by atomic mass is 10.2. The lowest BCUT2D eigenvalue weighted by Gasteiger charge is -2.12. The first kappa shape index (κ1) is 18.6. The molecule has 1 aromatic heterocycles. The fourth-order valence-electron chi connectivity index (χ4n) is 3.30. The third-order valence-electron chi connectivity index (χ3n) is 4.51. The molecule has 4 rings (SSSR count). The van der Waals surface area contributed by atoms with Crippen molar-refractivity contribution in [3.63, 3.8) is 0 Å². The normalized spacial score (nSPS) is 15.9. The highest BCUT2D eigenvalue weighted by molar-refractivity contribution is 9.10. The van der Waals surface area contributed by atoms with E-state index in [0.717, 1.165) is 10.0 Å². The summed E-state index contributed by atoms with van der Waals surface area (Å²) in [5.74, 6) is -0.105. The van der Waals surface area contributed by atoms with Gasteiger partial charge in [-0.25, -0.2) is 9.36 Å². The Labute approximate surface area is 173 Å². The average molecular weight is 470 g/mol. The lowest BCUT2D eigenvalue weighted by Crippen LogP contribution is -2.26. The predicted octanol–water partition coefficient (Wildman–Crippen LogP) is 4.56. The van der Waals surface area contributed by atoms with Crippen molar-refractivity contribution >= 4 is 39.1 Å². The number of hydrogen-bond acceptors (Lipinski definition) is 3. The molecule has 5 nitrogen and oxygen atoms in total. The van der Waals surface area contributed by atoms with Crippen LogP contribution in [0.5, 0.6) is 5.88 Å². The maximum atomic E-state index is 12.8. The van der Waals surface area contributed by atoms with Gasteiger partial charge in [0, 0.05) is 20.9 Å². The summed E-state index contributed by atoms with van der Waals surface area (Å²) in [6, 6.07) is 12.6. The van der Waals surface area contributed by atoms with E-state index in [4.69, 9.17) is 27.9 Å². The largest absolute Gasteiger partial charge is 0.493 e. The van der Waals surface area contributed by atoms with Gasteiger partial charge in [0.1, 0.15) is 0 Å². The van der Waals surface area contributed by atoms with Crippen molar-refractivity contribution in [1.29, 1.82) is 0 Å². The van der Waals surface area contributed by atoms with Gasteiger partial charge < -0.3 is 9.84 Å². The van der Waals surface area contributed by atoms with Crippen molar-refractivity contribution in [2.24, 2.45) is 0 Å². The Morgan fingerprint density at radius 1 is 1.19 bits per heavy atom. The molecule has 0 unspecified atom stereocenters. The van der Waals surface area contributed by atoms with E-state index >= 15 is 0 Å². The number of rotatable bonds is 4. The van der Waals surface area contributed by atoms with E-state index in [0.29, 0.717) is 41.0 Å². The Hall–Kier alpha value is -1.73. The number of ether oxygens (including phenoxy) is 1. The van der Waals surface area contributed by atoms with E-state index < -0.39 is 0 Å². The van der Waals surface area contributed by atoms with Gasteiger partial charge in [-0.05, 0) is 35.9 Å². The first-order chi connectivity index (χ1) is 12.9. The van der Waals surface area contributed by atoms with Gasteiger partial charge in [0.2, 0.25) is 5.88 Å². The second-order valence-electron chi connectivity index (χ2n) is 6.39. The molecule has 0 bridgehead atoms. The van der Waals surface area contributed by atoms with Crippen LogP contribution in [0.1, 0.15) is 11.3 Å². The zero-order valence-corrected chi connectivity index (χ0v) is 17.1. The fourth-order valence-corrected chi connectivity index (χ4v) is 4.26. The van der Waals surface area contributed by atoms with Crippen molar-refractivity contribution < 1.29 is 9.84 Å². The summed E-state index contributed by atoms with van der Waals surface area (Å²) in [4.78, 5) is 12.8. The Morgan fingerprint density at radius 2 is 1.93 bits per heavy atom. The lowest BCUT2D eigenvalue weighted by molar-refractivity contribution is 0.0408. The van der Waals surface area contributed by atoms with E-state index in [1.54, 1.807) is 18.2 Å². The summed E-state index contributed by atoms with van der Waals surface area (Å²) >= 11 is 15.5. The molecule has 1 N–H and O–H groups in total. The number of imidazole rings is 1. The Morgan fingerprint density at radius 3 is 2.59 bits per heavy atom. The van der Waals surface area contributed by atoms with E-state index in [1.807, 2.05) is 24.3 Å². The van der Waals surface area contributed by atoms with Crippen LogP contribution in [0, 0.1) is 0 Å². The SMILES string of the molecule is O=c1n2c(c(O)n1-c1cc(Cl)cc(Cl)c1)C[C@H](OCc1cccc(Br)c1)C2. The van der Waals surface area contributed by atoms with Gasteiger partial charge in [-0.2, -0.15) is 0 Å². The quantitative estimate of drug-likeness (QED) is 0.609. The monoisotopic (exact) mass is 468 g/mol. The van der Waals surface area contributed by atoms with Gasteiger partial charge >= 0.3 is 5.69 Å². The van der Waals surface area contributed by atoms with Crippen LogP contribution >= 0.6 is 39.1 Å². The van der Waals surface area contributed by atoms with Crippen molar-refractivity contribution in [1.82, 2.24) is 9.13 Å². The molecule has 0 aliphatic carbocycles. The fraction of sp³-hybridized carbons (Fsp3) is 0.211. The minimum absolute atomic E-state index is 0.105. The molecule has 0 amide bonds. The molecular formula is C19H15BrCl2N2O3. The highest BCUT2D eigenvalue weighted by Gasteiger charge is 2.31. The van der Waals surface area contributed by atoms with Crippen molar-refractivity contribution in [2.45, 2.75) is 25.7 Å². The number of fused-ring (bicyclic) bond motifs is 1. The number of aromatic nitrogens is 2. The minimum atomic E-state index is -0.339. The molecule has 27 heavy (non-hydrogen) atoms. The van der Waals surface area contributed by atoms with Crippen molar-refractivity contribution in [2.75, 3.05) is 0 Å². The summed E-state index contributed by atoms with van der Waals surface area (Å²) < 4.78 is 9.68. The standard InChI is InChI=1S/C19H15BrCl2N2O3/c20-12-3-1-2-11(4-12)10-27-16-8-17-18(25)24(19(26)23(17)9-16)15-6-13(21)5-14(22)7-15/h1-7,16,25H,8-10H2/t16-/m0/s1. The number of hydrogen-bond donors (Lipinski definition) is 1. The Bertz CT molecular complexity index is 1060. The second-order valence-corrected chi connectivity index (χ2v) is 8.18. The number of nitrogens with zero attached hydrogens (tertiary/aromatic N) is 2. The first-order valence-corrected chi connectivity index (χ1v) is 9.83. The van der Waals surface area contributed by atoms with Crippen molar-refractivity contribution in [3.8, 4) is 11.6 Å². The summed E-state index contributed by atoms with van der Waals surface area (Å²) in [6.45, 7) is 0.824. The number of aromatic hydroxyl groups is 1. The van der Waals surface area contributed by atoms with Gasteiger partial charge in [0.25, 0.3) is 0 Å². The summed E-state index contributed by atoms with van der Waals surface area (Å²) in [7, 11) is 0. The molecule has 140 valence electrons. The van der Waals surface area contributed by atoms with E-state index in [-0.39, 0.29) is 17.7 Å². The molecule has 1 atom stereocenters. The molecule has 0 saturated carbocycles. The molecule has 2 aromatic carbocycles. The molecule has 1 aliphatic rings. The molecule has 0 spiro atoms. The zero-order valence-electron chi connectivity index (χ0n) is 14.0. The van der Waals surface area contributed by atoms with Crippen LogP contribution < -0.4 is 5.69 Å². The molecule has 3 aromatic rings. The van der Waals surface area contributed by atoms with Gasteiger partial charge in [-0.15, -0.1) is 0 Å². The molecule has 0 saturated heterocycles. The summed E-state index contributed by atoms with van der Waals surface area (Å²) in [5, 5.41) is 11.4. The second kappa shape index (κ2) is 7.36. The predicted molar refractivity (Wildman–Crippen MR) is 108 cm³/mol.